The molecule has 0 unspecified atom stereocenters. The van der Waals surface area contributed by atoms with Crippen molar-refractivity contribution in [2.24, 2.45) is 5.92 Å². The number of nitrogens with zero attached hydrogens (tertiary/aromatic N) is 3. The Kier molecular flexibility index (Phi) is 8.61. The molecule has 1 aliphatic carbocycles. The van der Waals surface area contributed by atoms with Crippen LogP contribution < -0.4 is 4.84 Å². The van der Waals surface area contributed by atoms with E-state index in [1.807, 2.05) is 18.3 Å². The second kappa shape index (κ2) is 11.4. The highest BCUT2D eigenvalue weighted by Gasteiger charge is 2.18. The van der Waals surface area contributed by atoms with Crippen molar-refractivity contribution in [1.29, 1.82) is 0 Å². The van der Waals surface area contributed by atoms with Crippen LogP contribution in [-0.4, -0.2) is 47.8 Å². The summed E-state index contributed by atoms with van der Waals surface area (Å²) in [5.74, 6) is 0.888. The summed E-state index contributed by atoms with van der Waals surface area (Å²) >= 11 is 0. The van der Waals surface area contributed by atoms with Crippen LogP contribution in [0.3, 0.4) is 0 Å². The zero-order chi connectivity index (χ0) is 21.3. The first-order chi connectivity index (χ1) is 14.6. The Balaban J connectivity index is 1.73. The fourth-order valence-corrected chi connectivity index (χ4v) is 4.50. The number of amides is 1. The number of hydrogen-bond donors (Lipinski definition) is 0. The number of carbonyl (C=O) groups is 1. The van der Waals surface area contributed by atoms with E-state index >= 15 is 0 Å². The van der Waals surface area contributed by atoms with Crippen LogP contribution in [0.25, 0.3) is 10.9 Å². The quantitative estimate of drug-likeness (QED) is 0.494. The highest BCUT2D eigenvalue weighted by atomic mass is 16.7. The lowest BCUT2D eigenvalue weighted by atomic mass is 9.96. The van der Waals surface area contributed by atoms with Crippen molar-refractivity contribution in [3.05, 3.63) is 36.0 Å². The Morgan fingerprint density at radius 1 is 1.10 bits per heavy atom. The SMILES string of the molecule is CCCCN(CCC1CCCCCC1)Cc1cn(OC(=O)N(C)C)c2ccccc12. The molecule has 1 aromatic carbocycles. The number of rotatable bonds is 9. The molecule has 1 fully saturated rings. The van der Waals surface area contributed by atoms with E-state index in [0.29, 0.717) is 0 Å². The van der Waals surface area contributed by atoms with Gasteiger partial charge in [-0.25, -0.2) is 4.79 Å². The molecule has 1 aromatic heterocycles. The van der Waals surface area contributed by atoms with Gasteiger partial charge in [0, 0.05) is 26.0 Å². The van der Waals surface area contributed by atoms with Crippen molar-refractivity contribution >= 4 is 17.0 Å². The molecule has 0 radical (unpaired) electrons. The zero-order valence-corrected chi connectivity index (χ0v) is 19.1. The second-order valence-corrected chi connectivity index (χ2v) is 9.02. The van der Waals surface area contributed by atoms with Gasteiger partial charge in [-0.15, -0.1) is 0 Å². The minimum Gasteiger partial charge on any atom is -0.317 e. The van der Waals surface area contributed by atoms with Gasteiger partial charge in [0.15, 0.2) is 0 Å². The number of aromatic nitrogens is 1. The molecule has 5 heteroatoms. The topological polar surface area (TPSA) is 37.7 Å². The van der Waals surface area contributed by atoms with Crippen LogP contribution in [0.1, 0.15) is 70.3 Å². The lowest BCUT2D eigenvalue weighted by Crippen LogP contribution is -2.30. The molecule has 166 valence electrons. The van der Waals surface area contributed by atoms with Crippen molar-refractivity contribution in [3.63, 3.8) is 0 Å². The summed E-state index contributed by atoms with van der Waals surface area (Å²) in [7, 11) is 3.41. The smallest absolute Gasteiger partial charge is 0.317 e. The number of unbranched alkanes of at least 4 members (excludes halogenated alkanes) is 1. The first-order valence-corrected chi connectivity index (χ1v) is 11.8. The molecule has 0 N–H and O–H groups in total. The maximum Gasteiger partial charge on any atom is 0.434 e. The lowest BCUT2D eigenvalue weighted by Gasteiger charge is -2.24. The van der Waals surface area contributed by atoms with Gasteiger partial charge >= 0.3 is 6.09 Å². The van der Waals surface area contributed by atoms with Crippen molar-refractivity contribution in [3.8, 4) is 0 Å². The fraction of sp³-hybridized carbons (Fsp3) is 0.640. The Labute approximate surface area is 181 Å². The van der Waals surface area contributed by atoms with Gasteiger partial charge in [0.05, 0.1) is 11.7 Å². The average molecular weight is 414 g/mol. The molecular formula is C25H39N3O2. The van der Waals surface area contributed by atoms with Crippen LogP contribution in [0, 0.1) is 5.92 Å². The Morgan fingerprint density at radius 2 is 1.83 bits per heavy atom. The molecule has 1 saturated carbocycles. The number of hydrogen-bond acceptors (Lipinski definition) is 3. The molecule has 2 aromatic rings. The van der Waals surface area contributed by atoms with E-state index in [1.165, 1.54) is 73.6 Å². The fourth-order valence-electron chi connectivity index (χ4n) is 4.50. The molecule has 5 nitrogen and oxygen atoms in total. The van der Waals surface area contributed by atoms with Gasteiger partial charge in [-0.1, -0.05) is 70.1 Å². The molecule has 0 atom stereocenters. The first-order valence-electron chi connectivity index (χ1n) is 11.8. The summed E-state index contributed by atoms with van der Waals surface area (Å²) in [5, 5.41) is 1.17. The molecule has 1 heterocycles. The van der Waals surface area contributed by atoms with Gasteiger partial charge in [-0.05, 0) is 43.5 Å². The molecule has 0 saturated heterocycles. The highest BCUT2D eigenvalue weighted by molar-refractivity contribution is 5.84. The van der Waals surface area contributed by atoms with Crippen LogP contribution in [0.4, 0.5) is 4.79 Å². The molecule has 1 amide bonds. The van der Waals surface area contributed by atoms with E-state index < -0.39 is 0 Å². The van der Waals surface area contributed by atoms with Crippen LogP contribution in [0.2, 0.25) is 0 Å². The van der Waals surface area contributed by atoms with Gasteiger partial charge in [-0.2, -0.15) is 4.73 Å². The zero-order valence-electron chi connectivity index (χ0n) is 19.1. The van der Waals surface area contributed by atoms with Crippen molar-refractivity contribution < 1.29 is 9.63 Å². The minimum atomic E-state index is -0.362. The maximum atomic E-state index is 12.1. The maximum absolute atomic E-state index is 12.1. The third-order valence-corrected chi connectivity index (χ3v) is 6.35. The van der Waals surface area contributed by atoms with Crippen molar-refractivity contribution in [2.45, 2.75) is 71.3 Å². The summed E-state index contributed by atoms with van der Waals surface area (Å²) in [5.41, 5.74) is 2.18. The molecular weight excluding hydrogens is 374 g/mol. The highest BCUT2D eigenvalue weighted by Crippen LogP contribution is 2.27. The number of benzene rings is 1. The average Bonchev–Trinajstić information content (AvgIpc) is 2.91. The molecule has 0 spiro atoms. The molecule has 0 bridgehead atoms. The number of carbonyl (C=O) groups excluding carboxylic acids is 1. The predicted octanol–water partition coefficient (Wildman–Crippen LogP) is 5.71. The van der Waals surface area contributed by atoms with Gasteiger partial charge in [-0.3, -0.25) is 4.90 Å². The Hall–Kier alpha value is -2.01. The summed E-state index contributed by atoms with van der Waals surface area (Å²) in [6.45, 7) is 5.44. The Morgan fingerprint density at radius 3 is 2.53 bits per heavy atom. The van der Waals surface area contributed by atoms with Crippen LogP contribution in [-0.2, 0) is 6.54 Å². The number of para-hydroxylation sites is 1. The van der Waals surface area contributed by atoms with E-state index in [-0.39, 0.29) is 6.09 Å². The Bertz CT molecular complexity index is 791. The summed E-state index contributed by atoms with van der Waals surface area (Å²) < 4.78 is 1.64. The van der Waals surface area contributed by atoms with Crippen LogP contribution in [0.15, 0.2) is 30.5 Å². The summed E-state index contributed by atoms with van der Waals surface area (Å²) in [6.07, 6.45) is 13.8. The molecule has 1 aliphatic rings. The largest absolute Gasteiger partial charge is 0.434 e. The van der Waals surface area contributed by atoms with Gasteiger partial charge in [0.25, 0.3) is 0 Å². The van der Waals surface area contributed by atoms with E-state index in [9.17, 15) is 4.79 Å². The van der Waals surface area contributed by atoms with Gasteiger partial charge in [0.1, 0.15) is 0 Å². The van der Waals surface area contributed by atoms with Crippen LogP contribution >= 0.6 is 0 Å². The van der Waals surface area contributed by atoms with Crippen molar-refractivity contribution in [2.75, 3.05) is 27.2 Å². The molecule has 30 heavy (non-hydrogen) atoms. The van der Waals surface area contributed by atoms with Crippen LogP contribution in [0.5, 0.6) is 0 Å². The molecule has 0 aliphatic heterocycles. The lowest BCUT2D eigenvalue weighted by molar-refractivity contribution is 0.111. The third kappa shape index (κ3) is 6.24. The second-order valence-electron chi connectivity index (χ2n) is 9.02. The third-order valence-electron chi connectivity index (χ3n) is 6.35. The predicted molar refractivity (Wildman–Crippen MR) is 124 cm³/mol. The summed E-state index contributed by atoms with van der Waals surface area (Å²) in [4.78, 5) is 21.8. The van der Waals surface area contributed by atoms with Gasteiger partial charge in [0.2, 0.25) is 0 Å². The monoisotopic (exact) mass is 413 g/mol. The van der Waals surface area contributed by atoms with E-state index in [0.717, 1.165) is 31.1 Å². The number of fused-ring (bicyclic) bond motifs is 1. The molecule has 3 rings (SSSR count). The standard InChI is InChI=1S/C25H39N3O2/c1-4-5-17-27(18-16-21-12-8-6-7-9-13-21)19-22-20-28(30-25(29)26(2)3)24-15-11-10-14-23(22)24/h10-11,14-15,20-21H,4-9,12-13,16-19H2,1-3H3. The van der Waals surface area contributed by atoms with Gasteiger partial charge < -0.3 is 9.74 Å². The van der Waals surface area contributed by atoms with E-state index in [1.54, 1.807) is 18.8 Å². The first kappa shape index (κ1) is 22.7. The minimum absolute atomic E-state index is 0.362. The summed E-state index contributed by atoms with van der Waals surface area (Å²) in [6, 6.07) is 8.20. The normalized spacial score (nSPS) is 15.5. The van der Waals surface area contributed by atoms with E-state index in [2.05, 4.69) is 24.0 Å². The van der Waals surface area contributed by atoms with Crippen molar-refractivity contribution in [1.82, 2.24) is 14.5 Å². The van der Waals surface area contributed by atoms with E-state index in [4.69, 9.17) is 4.84 Å².